The first-order valence-corrected chi connectivity index (χ1v) is 8.67. The van der Waals surface area contributed by atoms with Gasteiger partial charge < -0.3 is 14.8 Å². The van der Waals surface area contributed by atoms with Crippen molar-refractivity contribution in [2.45, 2.75) is 13.5 Å². The molecular weight excluding hydrogens is 358 g/mol. The quantitative estimate of drug-likeness (QED) is 0.712. The summed E-state index contributed by atoms with van der Waals surface area (Å²) in [6.07, 6.45) is 0. The lowest BCUT2D eigenvalue weighted by molar-refractivity contribution is -0.116. The minimum Gasteiger partial charge on any atom is -0.497 e. The lowest BCUT2D eigenvalue weighted by Gasteiger charge is -2.13. The third-order valence-electron chi connectivity index (χ3n) is 4.16. The number of nitrogens with zero attached hydrogens (tertiary/aromatic N) is 2. The number of ether oxygens (including phenoxy) is 2. The third kappa shape index (κ3) is 4.37. The van der Waals surface area contributed by atoms with Crippen molar-refractivity contribution in [2.24, 2.45) is 0 Å². The molecule has 0 unspecified atom stereocenters. The zero-order chi connectivity index (χ0) is 20.1. The number of carbonyl (C=O) groups is 1. The Morgan fingerprint density at radius 3 is 2.14 bits per heavy atom. The molecule has 2 aromatic carbocycles. The highest BCUT2D eigenvalue weighted by atomic mass is 16.5. The normalized spacial score (nSPS) is 10.4. The van der Waals surface area contributed by atoms with Crippen LogP contribution in [0.5, 0.6) is 11.5 Å². The summed E-state index contributed by atoms with van der Waals surface area (Å²) in [6.45, 7) is 1.59. The predicted molar refractivity (Wildman–Crippen MR) is 107 cm³/mol. The number of anilines is 1. The van der Waals surface area contributed by atoms with E-state index in [1.54, 1.807) is 69.7 Å². The highest BCUT2D eigenvalue weighted by Crippen LogP contribution is 2.20. The van der Waals surface area contributed by atoms with Crippen LogP contribution in [-0.4, -0.2) is 29.7 Å². The average Bonchev–Trinajstić information content (AvgIpc) is 2.70. The molecule has 3 rings (SSSR count). The van der Waals surface area contributed by atoms with Crippen LogP contribution in [0.2, 0.25) is 0 Å². The molecule has 0 radical (unpaired) electrons. The summed E-state index contributed by atoms with van der Waals surface area (Å²) in [6, 6.07) is 15.5. The molecule has 0 atom stereocenters. The molecule has 0 fully saturated rings. The van der Waals surface area contributed by atoms with Gasteiger partial charge in [0, 0.05) is 23.0 Å². The Labute approximate surface area is 162 Å². The summed E-state index contributed by atoms with van der Waals surface area (Å²) >= 11 is 0. The second kappa shape index (κ2) is 8.39. The number of hydrogen-bond acceptors (Lipinski definition) is 5. The van der Waals surface area contributed by atoms with E-state index in [4.69, 9.17) is 9.47 Å². The van der Waals surface area contributed by atoms with Crippen LogP contribution in [0.1, 0.15) is 5.69 Å². The molecule has 0 spiro atoms. The van der Waals surface area contributed by atoms with Crippen LogP contribution in [0.4, 0.5) is 5.69 Å². The van der Waals surface area contributed by atoms with Crippen molar-refractivity contribution in [3.05, 3.63) is 70.6 Å². The molecule has 1 heterocycles. The Balaban J connectivity index is 1.87. The fraction of sp³-hybridized carbons (Fsp3) is 0.190. The van der Waals surface area contributed by atoms with Gasteiger partial charge in [-0.1, -0.05) is 0 Å². The van der Waals surface area contributed by atoms with Gasteiger partial charge in [0.05, 0.1) is 14.2 Å². The van der Waals surface area contributed by atoms with E-state index in [1.165, 1.54) is 10.6 Å². The number of hydrogen-bond donors (Lipinski definition) is 1. The van der Waals surface area contributed by atoms with Gasteiger partial charge in [-0.15, -0.1) is 0 Å². The lowest BCUT2D eigenvalue weighted by atomic mass is 10.2. The number of amides is 1. The number of nitrogens with one attached hydrogen (secondary N) is 1. The van der Waals surface area contributed by atoms with E-state index in [0.717, 1.165) is 5.56 Å². The second-order valence-corrected chi connectivity index (χ2v) is 6.15. The molecule has 144 valence electrons. The van der Waals surface area contributed by atoms with Gasteiger partial charge in [-0.2, -0.15) is 0 Å². The topological polar surface area (TPSA) is 82.4 Å². The maximum Gasteiger partial charge on any atom is 0.254 e. The first-order valence-electron chi connectivity index (χ1n) is 8.67. The molecular formula is C21H21N3O4. The largest absolute Gasteiger partial charge is 0.497 e. The standard InChI is InChI=1S/C21H21N3O4/c1-14-12-20(26)24(21(22-14)15-4-8-17(27-2)9-5-15)13-19(25)23-16-6-10-18(28-3)11-7-16/h4-12H,13H2,1-3H3,(H,23,25). The van der Waals surface area contributed by atoms with Crippen molar-refractivity contribution in [1.29, 1.82) is 0 Å². The highest BCUT2D eigenvalue weighted by molar-refractivity contribution is 5.90. The monoisotopic (exact) mass is 379 g/mol. The maximum atomic E-state index is 12.5. The number of rotatable bonds is 6. The van der Waals surface area contributed by atoms with E-state index in [9.17, 15) is 9.59 Å². The van der Waals surface area contributed by atoms with E-state index in [-0.39, 0.29) is 18.0 Å². The fourth-order valence-corrected chi connectivity index (χ4v) is 2.75. The van der Waals surface area contributed by atoms with Crippen molar-refractivity contribution in [2.75, 3.05) is 19.5 Å². The molecule has 0 saturated heterocycles. The molecule has 1 N–H and O–H groups in total. The van der Waals surface area contributed by atoms with Crippen molar-refractivity contribution in [1.82, 2.24) is 9.55 Å². The Hall–Kier alpha value is -3.61. The van der Waals surface area contributed by atoms with Gasteiger partial charge in [-0.25, -0.2) is 4.98 Å². The summed E-state index contributed by atoms with van der Waals surface area (Å²) in [5.74, 6) is 1.49. The van der Waals surface area contributed by atoms with Crippen LogP contribution in [-0.2, 0) is 11.3 Å². The Kier molecular flexibility index (Phi) is 5.74. The van der Waals surface area contributed by atoms with Gasteiger partial charge >= 0.3 is 0 Å². The second-order valence-electron chi connectivity index (χ2n) is 6.15. The minimum atomic E-state index is -0.326. The number of aromatic nitrogens is 2. The lowest BCUT2D eigenvalue weighted by Crippen LogP contribution is -2.29. The van der Waals surface area contributed by atoms with Gasteiger partial charge in [-0.3, -0.25) is 14.2 Å². The molecule has 0 aliphatic carbocycles. The number of aryl methyl sites for hydroxylation is 1. The molecule has 0 aliphatic heterocycles. The Morgan fingerprint density at radius 2 is 1.57 bits per heavy atom. The van der Waals surface area contributed by atoms with Crippen molar-refractivity contribution >= 4 is 11.6 Å². The zero-order valence-corrected chi connectivity index (χ0v) is 15.9. The van der Waals surface area contributed by atoms with Crippen LogP contribution >= 0.6 is 0 Å². The summed E-state index contributed by atoms with van der Waals surface area (Å²) in [4.78, 5) is 29.5. The Bertz CT molecular complexity index is 1030. The van der Waals surface area contributed by atoms with Crippen LogP contribution in [0.15, 0.2) is 59.4 Å². The van der Waals surface area contributed by atoms with Gasteiger partial charge in [0.1, 0.15) is 23.9 Å². The molecule has 3 aromatic rings. The van der Waals surface area contributed by atoms with Crippen LogP contribution in [0.3, 0.4) is 0 Å². The fourth-order valence-electron chi connectivity index (χ4n) is 2.75. The van der Waals surface area contributed by atoms with E-state index in [0.29, 0.717) is 28.7 Å². The number of carbonyl (C=O) groups excluding carboxylic acids is 1. The number of benzene rings is 2. The van der Waals surface area contributed by atoms with Crippen molar-refractivity contribution in [3.63, 3.8) is 0 Å². The zero-order valence-electron chi connectivity index (χ0n) is 15.9. The summed E-state index contributed by atoms with van der Waals surface area (Å²) < 4.78 is 11.6. The SMILES string of the molecule is COc1ccc(NC(=O)Cn2c(-c3ccc(OC)cc3)nc(C)cc2=O)cc1. The predicted octanol–water partition coefficient (Wildman–Crippen LogP) is 2.87. The average molecular weight is 379 g/mol. The minimum absolute atomic E-state index is 0.153. The van der Waals surface area contributed by atoms with Crippen LogP contribution in [0.25, 0.3) is 11.4 Å². The van der Waals surface area contributed by atoms with Gasteiger partial charge in [0.15, 0.2) is 0 Å². The Morgan fingerprint density at radius 1 is 1.00 bits per heavy atom. The summed E-state index contributed by atoms with van der Waals surface area (Å²) in [7, 11) is 3.16. The summed E-state index contributed by atoms with van der Waals surface area (Å²) in [5, 5.41) is 2.78. The maximum absolute atomic E-state index is 12.5. The molecule has 0 aliphatic rings. The molecule has 7 heteroatoms. The van der Waals surface area contributed by atoms with E-state index < -0.39 is 0 Å². The van der Waals surface area contributed by atoms with Crippen LogP contribution in [0, 0.1) is 6.92 Å². The smallest absolute Gasteiger partial charge is 0.254 e. The van der Waals surface area contributed by atoms with E-state index in [2.05, 4.69) is 10.3 Å². The van der Waals surface area contributed by atoms with E-state index in [1.807, 2.05) is 0 Å². The van der Waals surface area contributed by atoms with Gasteiger partial charge in [0.25, 0.3) is 5.56 Å². The van der Waals surface area contributed by atoms with Gasteiger partial charge in [-0.05, 0) is 55.5 Å². The molecule has 1 amide bonds. The number of methoxy groups -OCH3 is 2. The van der Waals surface area contributed by atoms with Crippen molar-refractivity contribution < 1.29 is 14.3 Å². The molecule has 28 heavy (non-hydrogen) atoms. The third-order valence-corrected chi connectivity index (χ3v) is 4.16. The van der Waals surface area contributed by atoms with E-state index >= 15 is 0 Å². The molecule has 0 saturated carbocycles. The first-order chi connectivity index (χ1) is 13.5. The van der Waals surface area contributed by atoms with Gasteiger partial charge in [0.2, 0.25) is 5.91 Å². The van der Waals surface area contributed by atoms with Crippen LogP contribution < -0.4 is 20.3 Å². The van der Waals surface area contributed by atoms with Crippen molar-refractivity contribution in [3.8, 4) is 22.9 Å². The summed E-state index contributed by atoms with van der Waals surface area (Å²) in [5.41, 5.74) is 1.63. The molecule has 1 aromatic heterocycles. The molecule has 0 bridgehead atoms. The molecule has 7 nitrogen and oxygen atoms in total. The highest BCUT2D eigenvalue weighted by Gasteiger charge is 2.13. The first kappa shape index (κ1) is 19.2.